The standard InChI is InChI=1S/C29H24ClN9.2C2H6/c1-19-18-24(38-36-21-9-5-3-6-10-21)14-15-25(19)32-29-34-27(30)33-28(35-29)31-23-13-16-26(20(2)17-23)39-37-22-11-7-4-8-12-22;2*1-2/h3-18H,1-2H3,(H2,31,32,33,34,35);2*1-2H3. The zero-order chi connectivity index (χ0) is 31.0. The molecule has 0 saturated carbocycles. The Labute approximate surface area is 258 Å². The van der Waals surface area contributed by atoms with Gasteiger partial charge in [-0.2, -0.15) is 35.4 Å². The normalized spacial score (nSPS) is 10.5. The Bertz CT molecular complexity index is 1640. The molecule has 0 aliphatic rings. The lowest BCUT2D eigenvalue weighted by Gasteiger charge is -2.11. The molecule has 1 heterocycles. The summed E-state index contributed by atoms with van der Waals surface area (Å²) in [6, 6.07) is 30.6. The Morgan fingerprint density at radius 3 is 1.67 bits per heavy atom. The molecule has 0 amide bonds. The summed E-state index contributed by atoms with van der Waals surface area (Å²) >= 11 is 6.21. The number of hydrogen-bond donors (Lipinski definition) is 2. The van der Waals surface area contributed by atoms with Crippen molar-refractivity contribution in [2.45, 2.75) is 41.5 Å². The van der Waals surface area contributed by atoms with E-state index in [0.717, 1.165) is 45.3 Å². The number of aromatic nitrogens is 3. The van der Waals surface area contributed by atoms with Crippen molar-refractivity contribution in [3.8, 4) is 0 Å². The molecular formula is C33H36ClN9. The van der Waals surface area contributed by atoms with E-state index in [1.165, 1.54) is 0 Å². The zero-order valence-corrected chi connectivity index (χ0v) is 26.0. The van der Waals surface area contributed by atoms with Crippen LogP contribution in [0.1, 0.15) is 38.8 Å². The molecule has 2 N–H and O–H groups in total. The van der Waals surface area contributed by atoms with Gasteiger partial charge in [-0.15, -0.1) is 0 Å². The van der Waals surface area contributed by atoms with Crippen molar-refractivity contribution in [3.05, 3.63) is 113 Å². The van der Waals surface area contributed by atoms with Crippen LogP contribution in [0.15, 0.2) is 118 Å². The van der Waals surface area contributed by atoms with Crippen molar-refractivity contribution >= 4 is 57.6 Å². The third kappa shape index (κ3) is 10.1. The third-order valence-electron chi connectivity index (χ3n) is 5.58. The number of azo groups is 2. The van der Waals surface area contributed by atoms with Gasteiger partial charge in [0.05, 0.1) is 22.7 Å². The van der Waals surface area contributed by atoms with Crippen molar-refractivity contribution in [1.82, 2.24) is 15.0 Å². The van der Waals surface area contributed by atoms with Gasteiger partial charge in [0, 0.05) is 11.4 Å². The summed E-state index contributed by atoms with van der Waals surface area (Å²) in [6.07, 6.45) is 0. The average molecular weight is 594 g/mol. The van der Waals surface area contributed by atoms with Gasteiger partial charge in [0.1, 0.15) is 0 Å². The molecule has 0 saturated heterocycles. The maximum absolute atomic E-state index is 6.21. The molecule has 5 aromatic rings. The first-order chi connectivity index (χ1) is 21.0. The molecular weight excluding hydrogens is 558 g/mol. The van der Waals surface area contributed by atoms with E-state index in [1.54, 1.807) is 0 Å². The number of hydrogen-bond acceptors (Lipinski definition) is 9. The molecule has 10 heteroatoms. The van der Waals surface area contributed by atoms with Gasteiger partial charge in [-0.3, -0.25) is 0 Å². The molecule has 1 aromatic heterocycles. The molecule has 0 unspecified atom stereocenters. The lowest BCUT2D eigenvalue weighted by atomic mass is 10.2. The van der Waals surface area contributed by atoms with Crippen molar-refractivity contribution in [2.24, 2.45) is 20.5 Å². The molecule has 0 bridgehead atoms. The Morgan fingerprint density at radius 2 is 1.09 bits per heavy atom. The molecule has 0 radical (unpaired) electrons. The van der Waals surface area contributed by atoms with E-state index < -0.39 is 0 Å². The largest absolute Gasteiger partial charge is 0.324 e. The Balaban J connectivity index is 0.00000121. The van der Waals surface area contributed by atoms with Gasteiger partial charge >= 0.3 is 0 Å². The van der Waals surface area contributed by atoms with Crippen molar-refractivity contribution < 1.29 is 0 Å². The minimum absolute atomic E-state index is 0.0611. The van der Waals surface area contributed by atoms with E-state index in [1.807, 2.05) is 139 Å². The fourth-order valence-electron chi connectivity index (χ4n) is 3.62. The minimum atomic E-state index is 0.0611. The second-order valence-electron chi connectivity index (χ2n) is 8.57. The van der Waals surface area contributed by atoms with Crippen molar-refractivity contribution in [1.29, 1.82) is 0 Å². The van der Waals surface area contributed by atoms with Crippen LogP contribution in [0.2, 0.25) is 5.28 Å². The molecule has 9 nitrogen and oxygen atoms in total. The van der Waals surface area contributed by atoms with Crippen LogP contribution in [0.4, 0.5) is 46.0 Å². The smallest absolute Gasteiger partial charge is 0.233 e. The maximum Gasteiger partial charge on any atom is 0.233 e. The van der Waals surface area contributed by atoms with Crippen molar-refractivity contribution in [3.63, 3.8) is 0 Å². The highest BCUT2D eigenvalue weighted by molar-refractivity contribution is 6.28. The van der Waals surface area contributed by atoms with Crippen molar-refractivity contribution in [2.75, 3.05) is 10.6 Å². The number of aryl methyl sites for hydroxylation is 2. The predicted octanol–water partition coefficient (Wildman–Crippen LogP) is 11.5. The van der Waals surface area contributed by atoms with Crippen LogP contribution >= 0.6 is 11.6 Å². The van der Waals surface area contributed by atoms with E-state index >= 15 is 0 Å². The Hall–Kier alpha value is -5.02. The highest BCUT2D eigenvalue weighted by Crippen LogP contribution is 2.28. The fourth-order valence-corrected chi connectivity index (χ4v) is 3.78. The molecule has 5 rings (SSSR count). The maximum atomic E-state index is 6.21. The van der Waals surface area contributed by atoms with Crippen LogP contribution in [0.25, 0.3) is 0 Å². The van der Waals surface area contributed by atoms with Gasteiger partial charge in [0.25, 0.3) is 0 Å². The fraction of sp³-hybridized carbons (Fsp3) is 0.182. The molecule has 0 aliphatic carbocycles. The number of anilines is 4. The van der Waals surface area contributed by atoms with Gasteiger partial charge in [-0.1, -0.05) is 64.1 Å². The number of nitrogens with zero attached hydrogens (tertiary/aromatic N) is 7. The first-order valence-electron chi connectivity index (χ1n) is 14.1. The summed E-state index contributed by atoms with van der Waals surface area (Å²) in [5.74, 6) is 0.616. The van der Waals surface area contributed by atoms with Crippen LogP contribution in [0, 0.1) is 13.8 Å². The monoisotopic (exact) mass is 593 g/mol. The zero-order valence-electron chi connectivity index (χ0n) is 25.2. The van der Waals surface area contributed by atoms with Crippen LogP contribution in [0.5, 0.6) is 0 Å². The molecule has 220 valence electrons. The summed E-state index contributed by atoms with van der Waals surface area (Å²) in [7, 11) is 0. The summed E-state index contributed by atoms with van der Waals surface area (Å²) in [5, 5.41) is 23.7. The highest BCUT2D eigenvalue weighted by atomic mass is 35.5. The summed E-state index contributed by atoms with van der Waals surface area (Å²) < 4.78 is 0. The van der Waals surface area contributed by atoms with E-state index in [2.05, 4.69) is 46.0 Å². The third-order valence-corrected chi connectivity index (χ3v) is 5.75. The number of halogens is 1. The van der Waals surface area contributed by atoms with Gasteiger partial charge in [-0.05, 0) is 97.2 Å². The molecule has 4 aromatic carbocycles. The van der Waals surface area contributed by atoms with Crippen LogP contribution in [0.3, 0.4) is 0 Å². The highest BCUT2D eigenvalue weighted by Gasteiger charge is 2.09. The Morgan fingerprint density at radius 1 is 0.535 bits per heavy atom. The Kier molecular flexibility index (Phi) is 12.9. The quantitative estimate of drug-likeness (QED) is 0.174. The lowest BCUT2D eigenvalue weighted by Crippen LogP contribution is -2.04. The molecule has 43 heavy (non-hydrogen) atoms. The van der Waals surface area contributed by atoms with E-state index in [-0.39, 0.29) is 5.28 Å². The predicted molar refractivity (Wildman–Crippen MR) is 178 cm³/mol. The number of nitrogens with one attached hydrogen (secondary N) is 2. The number of benzene rings is 4. The minimum Gasteiger partial charge on any atom is -0.324 e. The summed E-state index contributed by atoms with van der Waals surface area (Å²) in [5.41, 5.74) is 6.57. The molecule has 0 aliphatic heterocycles. The second kappa shape index (κ2) is 17.1. The first-order valence-corrected chi connectivity index (χ1v) is 14.5. The van der Waals surface area contributed by atoms with Gasteiger partial charge in [-0.25, -0.2) is 0 Å². The second-order valence-corrected chi connectivity index (χ2v) is 8.91. The summed E-state index contributed by atoms with van der Waals surface area (Å²) in [4.78, 5) is 12.9. The van der Waals surface area contributed by atoms with Crippen LogP contribution in [-0.4, -0.2) is 15.0 Å². The first kappa shape index (κ1) is 32.5. The van der Waals surface area contributed by atoms with Gasteiger partial charge < -0.3 is 10.6 Å². The van der Waals surface area contributed by atoms with Crippen LogP contribution in [-0.2, 0) is 0 Å². The summed E-state index contributed by atoms with van der Waals surface area (Å²) in [6.45, 7) is 11.9. The van der Waals surface area contributed by atoms with E-state index in [4.69, 9.17) is 11.6 Å². The molecule has 0 fully saturated rings. The topological polar surface area (TPSA) is 112 Å². The van der Waals surface area contributed by atoms with E-state index in [9.17, 15) is 0 Å². The van der Waals surface area contributed by atoms with Gasteiger partial charge in [0.2, 0.25) is 17.2 Å². The lowest BCUT2D eigenvalue weighted by molar-refractivity contribution is 1.06. The average Bonchev–Trinajstić information content (AvgIpc) is 3.03. The van der Waals surface area contributed by atoms with Gasteiger partial charge in [0.15, 0.2) is 0 Å². The molecule has 0 spiro atoms. The van der Waals surface area contributed by atoms with Crippen LogP contribution < -0.4 is 10.6 Å². The SMILES string of the molecule is CC.CC.Cc1cc(Nc2nc(Cl)nc(Nc3ccc(N=Nc4ccccc4)cc3C)n2)ccc1N=Nc1ccccc1. The number of rotatable bonds is 8. The van der Waals surface area contributed by atoms with E-state index in [0.29, 0.717) is 11.9 Å². The molecule has 0 atom stereocenters.